The van der Waals surface area contributed by atoms with Crippen LogP contribution in [0.4, 0.5) is 5.69 Å². The Labute approximate surface area is 227 Å². The molecule has 0 fully saturated rings. The SMILES string of the molecule is COC(=O)C1=C(C)N=c2s/c(=C/c3ccc(N(C)C)cc3)c(=O)n2[C@H]1c1ccc(OC(=O)c2ccco2)cc1. The molecule has 10 heteroatoms. The third-order valence-electron chi connectivity index (χ3n) is 6.26. The number of benzene rings is 2. The van der Waals surface area contributed by atoms with E-state index in [4.69, 9.17) is 13.9 Å². The van der Waals surface area contributed by atoms with E-state index in [1.807, 2.05) is 49.3 Å². The Morgan fingerprint density at radius 2 is 1.77 bits per heavy atom. The number of thiazole rings is 1. The number of carbonyl (C=O) groups is 2. The molecule has 0 bridgehead atoms. The van der Waals surface area contributed by atoms with Crippen LogP contribution in [0.5, 0.6) is 5.75 Å². The number of hydrogen-bond acceptors (Lipinski definition) is 9. The Morgan fingerprint density at radius 3 is 2.38 bits per heavy atom. The maximum Gasteiger partial charge on any atom is 0.379 e. The monoisotopic (exact) mass is 543 g/mol. The van der Waals surface area contributed by atoms with Gasteiger partial charge in [0.05, 0.1) is 35.2 Å². The highest BCUT2D eigenvalue weighted by molar-refractivity contribution is 7.07. The van der Waals surface area contributed by atoms with Crippen LogP contribution in [0.1, 0.15) is 34.6 Å². The lowest BCUT2D eigenvalue weighted by molar-refractivity contribution is -0.136. The molecule has 0 amide bonds. The second-order valence-electron chi connectivity index (χ2n) is 9.00. The van der Waals surface area contributed by atoms with E-state index < -0.39 is 18.0 Å². The molecular weight excluding hydrogens is 518 g/mol. The van der Waals surface area contributed by atoms with Gasteiger partial charge in [-0.2, -0.15) is 0 Å². The lowest BCUT2D eigenvalue weighted by Gasteiger charge is -2.24. The summed E-state index contributed by atoms with van der Waals surface area (Å²) in [5.74, 6) is -0.850. The van der Waals surface area contributed by atoms with Gasteiger partial charge < -0.3 is 18.8 Å². The van der Waals surface area contributed by atoms with Crippen molar-refractivity contribution in [2.45, 2.75) is 13.0 Å². The van der Waals surface area contributed by atoms with Crippen molar-refractivity contribution in [3.63, 3.8) is 0 Å². The van der Waals surface area contributed by atoms with Crippen molar-refractivity contribution in [1.82, 2.24) is 4.57 Å². The topological polar surface area (TPSA) is 103 Å². The first-order valence-corrected chi connectivity index (χ1v) is 12.8. The quantitative estimate of drug-likeness (QED) is 0.272. The molecule has 1 aliphatic heterocycles. The summed E-state index contributed by atoms with van der Waals surface area (Å²) in [5.41, 5.74) is 2.99. The summed E-state index contributed by atoms with van der Waals surface area (Å²) in [5, 5.41) is 0. The number of aromatic nitrogens is 1. The molecule has 5 rings (SSSR count). The summed E-state index contributed by atoms with van der Waals surface area (Å²) in [6, 6.07) is 16.8. The normalized spacial score (nSPS) is 15.0. The van der Waals surface area contributed by atoms with Crippen LogP contribution >= 0.6 is 11.3 Å². The molecule has 2 aromatic carbocycles. The first-order valence-electron chi connectivity index (χ1n) is 12.0. The summed E-state index contributed by atoms with van der Waals surface area (Å²) >= 11 is 1.25. The summed E-state index contributed by atoms with van der Waals surface area (Å²) in [6.45, 7) is 1.72. The molecule has 9 nitrogen and oxygen atoms in total. The van der Waals surface area contributed by atoms with Crippen LogP contribution in [-0.4, -0.2) is 37.7 Å². The molecule has 0 aliphatic carbocycles. The maximum absolute atomic E-state index is 13.7. The van der Waals surface area contributed by atoms with Crippen LogP contribution < -0.4 is 24.5 Å². The minimum atomic E-state index is -0.776. The van der Waals surface area contributed by atoms with Gasteiger partial charge in [0.2, 0.25) is 5.76 Å². The van der Waals surface area contributed by atoms with Crippen LogP contribution in [0.2, 0.25) is 0 Å². The molecular formula is C29H25N3O6S. The number of esters is 2. The van der Waals surface area contributed by atoms with Crippen molar-refractivity contribution in [2.24, 2.45) is 4.99 Å². The zero-order valence-corrected chi connectivity index (χ0v) is 22.5. The number of allylic oxidation sites excluding steroid dienone is 1. The van der Waals surface area contributed by atoms with Crippen LogP contribution in [0.15, 0.2) is 92.4 Å². The van der Waals surface area contributed by atoms with E-state index in [2.05, 4.69) is 4.99 Å². The Hall–Kier alpha value is -4.70. The number of hydrogen-bond donors (Lipinski definition) is 0. The van der Waals surface area contributed by atoms with Gasteiger partial charge in [-0.05, 0) is 60.5 Å². The lowest BCUT2D eigenvalue weighted by atomic mass is 9.96. The molecule has 1 aliphatic rings. The van der Waals surface area contributed by atoms with Crippen molar-refractivity contribution in [2.75, 3.05) is 26.1 Å². The molecule has 198 valence electrons. The average Bonchev–Trinajstić information content (AvgIpc) is 3.57. The molecule has 0 spiro atoms. The smallest absolute Gasteiger partial charge is 0.379 e. The van der Waals surface area contributed by atoms with Gasteiger partial charge in [0, 0.05) is 19.8 Å². The highest BCUT2D eigenvalue weighted by Gasteiger charge is 2.33. The van der Waals surface area contributed by atoms with Gasteiger partial charge in [-0.25, -0.2) is 14.6 Å². The standard InChI is InChI=1S/C29H25N3O6S/c1-17-24(28(35)36-4)25(19-9-13-21(14-10-19)38-27(34)22-6-5-15-37-22)32-26(33)23(39-29(32)30-17)16-18-7-11-20(12-8-18)31(2)3/h5-16,25H,1-4H3/b23-16+/t25-/m0/s1. The molecule has 39 heavy (non-hydrogen) atoms. The second-order valence-corrected chi connectivity index (χ2v) is 10.0. The number of furan rings is 1. The fraction of sp³-hybridized carbons (Fsp3) is 0.172. The van der Waals surface area contributed by atoms with Crippen molar-refractivity contribution in [3.05, 3.63) is 115 Å². The van der Waals surface area contributed by atoms with Crippen molar-refractivity contribution in [1.29, 1.82) is 0 Å². The lowest BCUT2D eigenvalue weighted by Crippen LogP contribution is -2.39. The predicted molar refractivity (Wildman–Crippen MR) is 147 cm³/mol. The molecule has 2 aromatic heterocycles. The molecule has 0 unspecified atom stereocenters. The molecule has 0 radical (unpaired) electrons. The Morgan fingerprint density at radius 1 is 1.05 bits per heavy atom. The Kier molecular flexibility index (Phi) is 7.03. The molecule has 0 saturated heterocycles. The van der Waals surface area contributed by atoms with Gasteiger partial charge in [-0.15, -0.1) is 0 Å². The highest BCUT2D eigenvalue weighted by Crippen LogP contribution is 2.31. The van der Waals surface area contributed by atoms with Crippen LogP contribution in [-0.2, 0) is 9.53 Å². The zero-order valence-electron chi connectivity index (χ0n) is 21.7. The van der Waals surface area contributed by atoms with Crippen molar-refractivity contribution >= 4 is 35.0 Å². The van der Waals surface area contributed by atoms with Crippen LogP contribution in [0.3, 0.4) is 0 Å². The number of carbonyl (C=O) groups excluding carboxylic acids is 2. The number of rotatable bonds is 6. The van der Waals surface area contributed by atoms with Gasteiger partial charge in [-0.1, -0.05) is 35.6 Å². The maximum atomic E-state index is 13.7. The molecule has 3 heterocycles. The number of anilines is 1. The number of ether oxygens (including phenoxy) is 2. The van der Waals surface area contributed by atoms with Gasteiger partial charge in [0.25, 0.3) is 5.56 Å². The van der Waals surface area contributed by atoms with E-state index in [-0.39, 0.29) is 22.6 Å². The van der Waals surface area contributed by atoms with E-state index >= 15 is 0 Å². The number of fused-ring (bicyclic) bond motifs is 1. The molecule has 0 N–H and O–H groups in total. The zero-order chi connectivity index (χ0) is 27.7. The minimum absolute atomic E-state index is 0.0779. The van der Waals surface area contributed by atoms with Gasteiger partial charge in [-0.3, -0.25) is 9.36 Å². The third kappa shape index (κ3) is 5.06. The fourth-order valence-corrected chi connectivity index (χ4v) is 5.34. The Balaban J connectivity index is 1.56. The number of methoxy groups -OCH3 is 1. The van der Waals surface area contributed by atoms with Gasteiger partial charge >= 0.3 is 11.9 Å². The Bertz CT molecular complexity index is 1750. The van der Waals surface area contributed by atoms with Gasteiger partial charge in [0.1, 0.15) is 5.75 Å². The van der Waals surface area contributed by atoms with Crippen LogP contribution in [0.25, 0.3) is 6.08 Å². The second kappa shape index (κ2) is 10.6. The van der Waals surface area contributed by atoms with E-state index in [9.17, 15) is 14.4 Å². The molecule has 1 atom stereocenters. The van der Waals surface area contributed by atoms with E-state index in [0.29, 0.717) is 20.6 Å². The number of nitrogens with zero attached hydrogens (tertiary/aromatic N) is 3. The van der Waals surface area contributed by atoms with E-state index in [1.54, 1.807) is 37.3 Å². The van der Waals surface area contributed by atoms with Crippen molar-refractivity contribution in [3.8, 4) is 5.75 Å². The van der Waals surface area contributed by atoms with Crippen molar-refractivity contribution < 1.29 is 23.5 Å². The van der Waals surface area contributed by atoms with E-state index in [1.165, 1.54) is 35.3 Å². The summed E-state index contributed by atoms with van der Waals surface area (Å²) < 4.78 is 17.5. The third-order valence-corrected chi connectivity index (χ3v) is 7.25. The van der Waals surface area contributed by atoms with E-state index in [0.717, 1.165) is 11.3 Å². The minimum Gasteiger partial charge on any atom is -0.466 e. The first-order chi connectivity index (χ1) is 18.8. The summed E-state index contributed by atoms with van der Waals surface area (Å²) in [6.07, 6.45) is 3.20. The average molecular weight is 544 g/mol. The first kappa shape index (κ1) is 25.9. The molecule has 0 saturated carbocycles. The molecule has 4 aromatic rings. The fourth-order valence-electron chi connectivity index (χ4n) is 4.30. The summed E-state index contributed by atoms with van der Waals surface area (Å²) in [4.78, 5) is 45.9. The summed E-state index contributed by atoms with van der Waals surface area (Å²) in [7, 11) is 5.22. The largest absolute Gasteiger partial charge is 0.466 e. The van der Waals surface area contributed by atoms with Crippen LogP contribution in [0, 0.1) is 0 Å². The highest BCUT2D eigenvalue weighted by atomic mass is 32.1. The van der Waals surface area contributed by atoms with Gasteiger partial charge in [0.15, 0.2) is 4.80 Å². The predicted octanol–water partition coefficient (Wildman–Crippen LogP) is 3.29.